The van der Waals surface area contributed by atoms with Crippen LogP contribution in [0.1, 0.15) is 27.2 Å². The van der Waals surface area contributed by atoms with Crippen LogP contribution in [-0.2, 0) is 9.59 Å². The lowest BCUT2D eigenvalue weighted by Gasteiger charge is -2.05. The molecule has 4 heteroatoms. The second-order valence-electron chi connectivity index (χ2n) is 3.03. The summed E-state index contributed by atoms with van der Waals surface area (Å²) in [6.07, 6.45) is 0.484. The Bertz CT molecular complexity index is 180. The van der Waals surface area contributed by atoms with Crippen molar-refractivity contribution in [3.8, 4) is 0 Å². The predicted molar refractivity (Wildman–Crippen MR) is 55.9 cm³/mol. The molecule has 0 spiro atoms. The Kier molecular flexibility index (Phi) is 6.68. The summed E-state index contributed by atoms with van der Waals surface area (Å²) >= 11 is 1.58. The summed E-state index contributed by atoms with van der Waals surface area (Å²) in [6, 6.07) is 0. The van der Waals surface area contributed by atoms with Gasteiger partial charge in [-0.3, -0.25) is 9.59 Å². The average Bonchev–Trinajstić information content (AvgIpc) is 2.10. The van der Waals surface area contributed by atoms with Crippen LogP contribution in [0.5, 0.6) is 0 Å². The summed E-state index contributed by atoms with van der Waals surface area (Å²) in [7, 11) is 0. The van der Waals surface area contributed by atoms with Gasteiger partial charge >= 0.3 is 0 Å². The van der Waals surface area contributed by atoms with Gasteiger partial charge in [0.15, 0.2) is 5.78 Å². The number of Topliss-reactive ketones (excluding diaryl/α,β-unsaturated/α-hetero) is 1. The smallest absolute Gasteiger partial charge is 0.230 e. The van der Waals surface area contributed by atoms with Crippen LogP contribution in [0.2, 0.25) is 0 Å². The number of hydrogen-bond acceptors (Lipinski definition) is 3. The van der Waals surface area contributed by atoms with Gasteiger partial charge < -0.3 is 5.32 Å². The SMILES string of the molecule is CCC(=O)CNC(=O)CSC(C)C. The second-order valence-corrected chi connectivity index (χ2v) is 4.59. The highest BCUT2D eigenvalue weighted by Crippen LogP contribution is 2.07. The Morgan fingerprint density at radius 1 is 1.38 bits per heavy atom. The molecule has 0 fully saturated rings. The van der Waals surface area contributed by atoms with Gasteiger partial charge in [0.2, 0.25) is 5.91 Å². The van der Waals surface area contributed by atoms with Gasteiger partial charge in [-0.25, -0.2) is 0 Å². The van der Waals surface area contributed by atoms with E-state index in [0.717, 1.165) is 0 Å². The van der Waals surface area contributed by atoms with Crippen LogP contribution in [0, 0.1) is 0 Å². The van der Waals surface area contributed by atoms with Gasteiger partial charge in [-0.05, 0) is 5.25 Å². The summed E-state index contributed by atoms with van der Waals surface area (Å²) in [5, 5.41) is 3.03. The molecular formula is C9H17NO2S. The number of amides is 1. The van der Waals surface area contributed by atoms with Gasteiger partial charge in [0.25, 0.3) is 0 Å². The van der Waals surface area contributed by atoms with Gasteiger partial charge in [-0.15, -0.1) is 11.8 Å². The molecule has 1 N–H and O–H groups in total. The fraction of sp³-hybridized carbons (Fsp3) is 0.778. The minimum atomic E-state index is -0.0551. The van der Waals surface area contributed by atoms with Crippen LogP contribution >= 0.6 is 11.8 Å². The molecule has 0 radical (unpaired) electrons. The Labute approximate surface area is 83.7 Å². The third-order valence-electron chi connectivity index (χ3n) is 1.42. The molecular weight excluding hydrogens is 186 g/mol. The molecule has 0 aliphatic heterocycles. The molecule has 0 aromatic heterocycles. The number of carbonyl (C=O) groups is 2. The second kappa shape index (κ2) is 6.95. The number of rotatable bonds is 6. The minimum Gasteiger partial charge on any atom is -0.348 e. The van der Waals surface area contributed by atoms with Crippen LogP contribution in [0.3, 0.4) is 0 Å². The van der Waals surface area contributed by atoms with Crippen molar-refractivity contribution in [1.82, 2.24) is 5.32 Å². The zero-order chi connectivity index (χ0) is 10.3. The van der Waals surface area contributed by atoms with E-state index in [1.165, 1.54) is 0 Å². The molecule has 0 unspecified atom stereocenters. The Hall–Kier alpha value is -0.510. The molecule has 3 nitrogen and oxygen atoms in total. The van der Waals surface area contributed by atoms with E-state index in [1.807, 2.05) is 13.8 Å². The van der Waals surface area contributed by atoms with E-state index in [4.69, 9.17) is 0 Å². The van der Waals surface area contributed by atoms with Gasteiger partial charge in [0.05, 0.1) is 12.3 Å². The van der Waals surface area contributed by atoms with Crippen molar-refractivity contribution in [1.29, 1.82) is 0 Å². The summed E-state index contributed by atoms with van der Waals surface area (Å²) in [5.74, 6) is 0.456. The zero-order valence-electron chi connectivity index (χ0n) is 8.42. The molecule has 0 aliphatic carbocycles. The molecule has 0 heterocycles. The maximum atomic E-state index is 11.1. The van der Waals surface area contributed by atoms with Crippen molar-refractivity contribution in [3.05, 3.63) is 0 Å². The van der Waals surface area contributed by atoms with Crippen molar-refractivity contribution in [2.24, 2.45) is 0 Å². The molecule has 0 aromatic carbocycles. The van der Waals surface area contributed by atoms with Crippen LogP contribution < -0.4 is 5.32 Å². The van der Waals surface area contributed by atoms with Gasteiger partial charge in [-0.2, -0.15) is 0 Å². The van der Waals surface area contributed by atoms with Crippen LogP contribution in [0.15, 0.2) is 0 Å². The Morgan fingerprint density at radius 2 is 2.00 bits per heavy atom. The third-order valence-corrected chi connectivity index (χ3v) is 2.52. The molecule has 76 valence electrons. The normalized spacial score (nSPS) is 10.2. The standard InChI is InChI=1S/C9H17NO2S/c1-4-8(11)5-10-9(12)6-13-7(2)3/h7H,4-6H2,1-3H3,(H,10,12). The van der Waals surface area contributed by atoms with Crippen molar-refractivity contribution in [2.75, 3.05) is 12.3 Å². The first-order valence-corrected chi connectivity index (χ1v) is 5.51. The van der Waals surface area contributed by atoms with Crippen LogP contribution in [0.25, 0.3) is 0 Å². The molecule has 0 aromatic rings. The van der Waals surface area contributed by atoms with Gasteiger partial charge in [0.1, 0.15) is 0 Å². The highest BCUT2D eigenvalue weighted by atomic mass is 32.2. The van der Waals surface area contributed by atoms with Crippen molar-refractivity contribution in [2.45, 2.75) is 32.4 Å². The topological polar surface area (TPSA) is 46.2 Å². The van der Waals surface area contributed by atoms with E-state index in [0.29, 0.717) is 17.4 Å². The summed E-state index contributed by atoms with van der Waals surface area (Å²) in [6.45, 7) is 6.04. The molecule has 0 rings (SSSR count). The first kappa shape index (κ1) is 12.5. The van der Waals surface area contributed by atoms with E-state index in [9.17, 15) is 9.59 Å². The quantitative estimate of drug-likeness (QED) is 0.706. The highest BCUT2D eigenvalue weighted by molar-refractivity contribution is 8.00. The van der Waals surface area contributed by atoms with E-state index in [2.05, 4.69) is 5.32 Å². The van der Waals surface area contributed by atoms with Gasteiger partial charge in [0, 0.05) is 6.42 Å². The molecule has 0 atom stereocenters. The fourth-order valence-electron chi connectivity index (χ4n) is 0.616. The molecule has 13 heavy (non-hydrogen) atoms. The molecule has 0 saturated carbocycles. The van der Waals surface area contributed by atoms with E-state index in [-0.39, 0.29) is 18.2 Å². The number of thioether (sulfide) groups is 1. The number of hydrogen-bond donors (Lipinski definition) is 1. The Morgan fingerprint density at radius 3 is 2.46 bits per heavy atom. The summed E-state index contributed by atoms with van der Waals surface area (Å²) < 4.78 is 0. The molecule has 0 bridgehead atoms. The average molecular weight is 203 g/mol. The largest absolute Gasteiger partial charge is 0.348 e. The lowest BCUT2D eigenvalue weighted by Crippen LogP contribution is -2.30. The summed E-state index contributed by atoms with van der Waals surface area (Å²) in [5.41, 5.74) is 0. The highest BCUT2D eigenvalue weighted by Gasteiger charge is 2.04. The fourth-order valence-corrected chi connectivity index (χ4v) is 1.20. The summed E-state index contributed by atoms with van der Waals surface area (Å²) in [4.78, 5) is 21.9. The minimum absolute atomic E-state index is 0.0551. The van der Waals surface area contributed by atoms with E-state index < -0.39 is 0 Å². The van der Waals surface area contributed by atoms with Crippen molar-refractivity contribution >= 4 is 23.5 Å². The number of nitrogens with one attached hydrogen (secondary N) is 1. The van der Waals surface area contributed by atoms with Crippen molar-refractivity contribution < 1.29 is 9.59 Å². The Balaban J connectivity index is 3.46. The molecule has 0 saturated heterocycles. The molecule has 1 amide bonds. The monoisotopic (exact) mass is 203 g/mol. The molecule has 0 aliphatic rings. The van der Waals surface area contributed by atoms with Crippen LogP contribution in [0.4, 0.5) is 0 Å². The number of ketones is 1. The van der Waals surface area contributed by atoms with Crippen molar-refractivity contribution in [3.63, 3.8) is 0 Å². The third kappa shape index (κ3) is 7.84. The lowest BCUT2D eigenvalue weighted by atomic mass is 10.3. The first-order valence-electron chi connectivity index (χ1n) is 4.46. The first-order chi connectivity index (χ1) is 6.06. The lowest BCUT2D eigenvalue weighted by molar-refractivity contribution is -0.123. The van der Waals surface area contributed by atoms with Gasteiger partial charge in [-0.1, -0.05) is 20.8 Å². The predicted octanol–water partition coefficient (Wildman–Crippen LogP) is 1.22. The zero-order valence-corrected chi connectivity index (χ0v) is 9.24. The van der Waals surface area contributed by atoms with E-state index >= 15 is 0 Å². The van der Waals surface area contributed by atoms with Crippen LogP contribution in [-0.4, -0.2) is 29.2 Å². The maximum Gasteiger partial charge on any atom is 0.230 e. The maximum absolute atomic E-state index is 11.1. The van der Waals surface area contributed by atoms with E-state index in [1.54, 1.807) is 18.7 Å². The number of carbonyl (C=O) groups excluding carboxylic acids is 2.